The van der Waals surface area contributed by atoms with Gasteiger partial charge in [-0.3, -0.25) is 9.59 Å². The van der Waals surface area contributed by atoms with Gasteiger partial charge in [-0.2, -0.15) is 0 Å². The molecule has 0 spiro atoms. The number of fused-ring (bicyclic) bond motifs is 3. The molecule has 0 heterocycles. The lowest BCUT2D eigenvalue weighted by Crippen LogP contribution is -2.25. The van der Waals surface area contributed by atoms with E-state index in [0.717, 1.165) is 22.3 Å². The number of hydrogen-bond acceptors (Lipinski definition) is 6. The lowest BCUT2D eigenvalue weighted by Gasteiger charge is -2.09. The van der Waals surface area contributed by atoms with E-state index in [0.29, 0.717) is 6.42 Å². The molecule has 178 valence electrons. The van der Waals surface area contributed by atoms with Crippen LogP contribution in [0.4, 0.5) is 0 Å². The number of hydrogen-bond donors (Lipinski definition) is 4. The Balaban J connectivity index is 1.73. The standard InChI is InChI=1S/C21H24N2O8S2/c24-20(25)3-1-9-22-32(28,29)16-5-7-18-14(12-16)11-15-13-17(6-8-19(15)18)33(30,31)23-10-2-4-21(26)27/h5-8,12-13,22-23H,1-4,9-11H2,(H,24,25)(H,26,27). The van der Waals surface area contributed by atoms with E-state index in [9.17, 15) is 26.4 Å². The lowest BCUT2D eigenvalue weighted by atomic mass is 10.1. The van der Waals surface area contributed by atoms with Gasteiger partial charge in [-0.05, 0) is 65.8 Å². The van der Waals surface area contributed by atoms with Crippen LogP contribution >= 0.6 is 0 Å². The third-order valence-corrected chi connectivity index (χ3v) is 8.08. The highest BCUT2D eigenvalue weighted by atomic mass is 32.2. The summed E-state index contributed by atoms with van der Waals surface area (Å²) in [6.45, 7) is 0.0132. The summed E-state index contributed by atoms with van der Waals surface area (Å²) in [5.41, 5.74) is 3.10. The molecular formula is C21H24N2O8S2. The molecular weight excluding hydrogens is 472 g/mol. The molecule has 1 aliphatic rings. The minimum absolute atomic E-state index is 0.00658. The summed E-state index contributed by atoms with van der Waals surface area (Å²) >= 11 is 0. The van der Waals surface area contributed by atoms with Crippen molar-refractivity contribution >= 4 is 32.0 Å². The van der Waals surface area contributed by atoms with Gasteiger partial charge in [0, 0.05) is 25.9 Å². The minimum Gasteiger partial charge on any atom is -0.481 e. The van der Waals surface area contributed by atoms with Crippen molar-refractivity contribution < 1.29 is 36.6 Å². The van der Waals surface area contributed by atoms with Gasteiger partial charge in [0.25, 0.3) is 0 Å². The van der Waals surface area contributed by atoms with E-state index >= 15 is 0 Å². The van der Waals surface area contributed by atoms with Gasteiger partial charge in [-0.15, -0.1) is 0 Å². The van der Waals surface area contributed by atoms with Crippen LogP contribution < -0.4 is 9.44 Å². The Labute approximate surface area is 191 Å². The summed E-state index contributed by atoms with van der Waals surface area (Å²) in [7, 11) is -7.62. The molecule has 10 nitrogen and oxygen atoms in total. The molecule has 4 N–H and O–H groups in total. The Morgan fingerprint density at radius 3 is 1.48 bits per heavy atom. The molecule has 0 saturated carbocycles. The zero-order chi connectivity index (χ0) is 24.2. The van der Waals surface area contributed by atoms with Crippen molar-refractivity contribution in [2.24, 2.45) is 0 Å². The van der Waals surface area contributed by atoms with Gasteiger partial charge in [0.2, 0.25) is 20.0 Å². The second-order valence-electron chi connectivity index (χ2n) is 7.60. The van der Waals surface area contributed by atoms with E-state index in [1.807, 2.05) is 0 Å². The summed E-state index contributed by atoms with van der Waals surface area (Å²) in [4.78, 5) is 21.2. The first kappa shape index (κ1) is 24.8. The van der Waals surface area contributed by atoms with Crippen LogP contribution in [0, 0.1) is 0 Å². The van der Waals surface area contributed by atoms with Crippen LogP contribution in [-0.4, -0.2) is 52.1 Å². The first-order valence-corrected chi connectivity index (χ1v) is 13.2. The monoisotopic (exact) mass is 496 g/mol. The number of sulfonamides is 2. The van der Waals surface area contributed by atoms with Crippen LogP contribution in [0.25, 0.3) is 11.1 Å². The summed E-state index contributed by atoms with van der Waals surface area (Å²) in [5.74, 6) is -2.00. The van der Waals surface area contributed by atoms with Crippen LogP contribution in [-0.2, 0) is 36.1 Å². The zero-order valence-electron chi connectivity index (χ0n) is 17.6. The Morgan fingerprint density at radius 1 is 0.727 bits per heavy atom. The SMILES string of the molecule is O=C(O)CCCNS(=O)(=O)c1ccc2c(c1)Cc1cc(S(=O)(=O)NCCCC(=O)O)ccc1-2. The quantitative estimate of drug-likeness (QED) is 0.274. The molecule has 3 rings (SSSR count). The molecule has 2 aromatic rings. The summed E-state index contributed by atoms with van der Waals surface area (Å²) in [6, 6.07) is 9.33. The van der Waals surface area contributed by atoms with Crippen molar-refractivity contribution in [3.63, 3.8) is 0 Å². The molecule has 0 bridgehead atoms. The van der Waals surface area contributed by atoms with Crippen LogP contribution in [0.5, 0.6) is 0 Å². The topological polar surface area (TPSA) is 167 Å². The second-order valence-corrected chi connectivity index (χ2v) is 11.1. The third kappa shape index (κ3) is 6.16. The van der Waals surface area contributed by atoms with Gasteiger partial charge in [0.1, 0.15) is 0 Å². The predicted molar refractivity (Wildman–Crippen MR) is 119 cm³/mol. The summed E-state index contributed by atoms with van der Waals surface area (Å²) < 4.78 is 54.9. The largest absolute Gasteiger partial charge is 0.481 e. The first-order valence-electron chi connectivity index (χ1n) is 10.2. The molecule has 0 unspecified atom stereocenters. The van der Waals surface area contributed by atoms with E-state index in [-0.39, 0.29) is 48.6 Å². The molecule has 0 aliphatic heterocycles. The predicted octanol–water partition coefficient (Wildman–Crippen LogP) is 1.54. The van der Waals surface area contributed by atoms with Gasteiger partial charge in [0.05, 0.1) is 9.79 Å². The smallest absolute Gasteiger partial charge is 0.303 e. The average molecular weight is 497 g/mol. The van der Waals surface area contributed by atoms with Crippen molar-refractivity contribution in [2.45, 2.75) is 41.9 Å². The third-order valence-electron chi connectivity index (χ3n) is 5.16. The van der Waals surface area contributed by atoms with Gasteiger partial charge in [-0.1, -0.05) is 12.1 Å². The summed E-state index contributed by atoms with van der Waals surface area (Å²) in [6.07, 6.45) is 0.428. The Hall–Kier alpha value is -2.80. The van der Waals surface area contributed by atoms with Gasteiger partial charge >= 0.3 is 11.9 Å². The highest BCUT2D eigenvalue weighted by molar-refractivity contribution is 7.89. The number of carboxylic acid groups (broad SMARTS) is 2. The molecule has 2 aromatic carbocycles. The maximum Gasteiger partial charge on any atom is 0.303 e. The van der Waals surface area contributed by atoms with E-state index in [2.05, 4.69) is 9.44 Å². The molecule has 33 heavy (non-hydrogen) atoms. The second kappa shape index (κ2) is 10.00. The highest BCUT2D eigenvalue weighted by Crippen LogP contribution is 2.38. The van der Waals surface area contributed by atoms with E-state index < -0.39 is 32.0 Å². The molecule has 0 saturated heterocycles. The molecule has 0 radical (unpaired) electrons. The fourth-order valence-corrected chi connectivity index (χ4v) is 5.81. The number of benzene rings is 2. The molecule has 1 aliphatic carbocycles. The van der Waals surface area contributed by atoms with E-state index in [1.165, 1.54) is 24.3 Å². The van der Waals surface area contributed by atoms with Crippen molar-refractivity contribution in [3.05, 3.63) is 47.5 Å². The van der Waals surface area contributed by atoms with Gasteiger partial charge < -0.3 is 10.2 Å². The normalized spacial score (nSPS) is 12.8. The van der Waals surface area contributed by atoms with Crippen LogP contribution in [0.1, 0.15) is 36.8 Å². The maximum absolute atomic E-state index is 12.5. The molecule has 0 amide bonds. The molecule has 0 aromatic heterocycles. The average Bonchev–Trinajstić information content (AvgIpc) is 3.11. The Kier molecular flexibility index (Phi) is 7.52. The zero-order valence-corrected chi connectivity index (χ0v) is 19.2. The lowest BCUT2D eigenvalue weighted by molar-refractivity contribution is -0.138. The van der Waals surface area contributed by atoms with E-state index in [4.69, 9.17) is 10.2 Å². The van der Waals surface area contributed by atoms with Crippen molar-refractivity contribution in [2.75, 3.05) is 13.1 Å². The number of rotatable bonds is 12. The number of aliphatic carboxylic acids is 2. The van der Waals surface area contributed by atoms with Crippen LogP contribution in [0.3, 0.4) is 0 Å². The van der Waals surface area contributed by atoms with E-state index in [1.54, 1.807) is 12.1 Å². The highest BCUT2D eigenvalue weighted by Gasteiger charge is 2.24. The fourth-order valence-electron chi connectivity index (χ4n) is 3.56. The van der Waals surface area contributed by atoms with Crippen LogP contribution in [0.2, 0.25) is 0 Å². The van der Waals surface area contributed by atoms with Crippen LogP contribution in [0.15, 0.2) is 46.2 Å². The molecule has 0 fully saturated rings. The summed E-state index contributed by atoms with van der Waals surface area (Å²) in [5, 5.41) is 17.3. The molecule has 12 heteroatoms. The fraction of sp³-hybridized carbons (Fsp3) is 0.333. The first-order chi connectivity index (χ1) is 15.5. The van der Waals surface area contributed by atoms with Crippen molar-refractivity contribution in [1.82, 2.24) is 9.44 Å². The number of nitrogens with one attached hydrogen (secondary N) is 2. The Morgan fingerprint density at radius 2 is 1.12 bits per heavy atom. The Bertz CT molecular complexity index is 1190. The van der Waals surface area contributed by atoms with Crippen molar-refractivity contribution in [1.29, 1.82) is 0 Å². The van der Waals surface area contributed by atoms with Crippen molar-refractivity contribution in [3.8, 4) is 11.1 Å². The van der Waals surface area contributed by atoms with Gasteiger partial charge in [0.15, 0.2) is 0 Å². The maximum atomic E-state index is 12.5. The minimum atomic E-state index is -3.81. The molecule has 0 atom stereocenters. The number of carboxylic acids is 2. The number of carbonyl (C=O) groups is 2. The van der Waals surface area contributed by atoms with Gasteiger partial charge in [-0.25, -0.2) is 26.3 Å².